The zero-order valence-corrected chi connectivity index (χ0v) is 6.07. The van der Waals surface area contributed by atoms with Crippen molar-refractivity contribution in [3.05, 3.63) is 0 Å². The fraction of sp³-hybridized carbons (Fsp3) is 0.600. The van der Waals surface area contributed by atoms with Crippen molar-refractivity contribution in [1.29, 1.82) is 0 Å². The molecule has 0 bridgehead atoms. The first-order valence-electron chi connectivity index (χ1n) is 2.92. The zero-order valence-electron chi connectivity index (χ0n) is 6.07. The molecule has 0 unspecified atom stereocenters. The summed E-state index contributed by atoms with van der Waals surface area (Å²) in [6.07, 6.45) is 0. The summed E-state index contributed by atoms with van der Waals surface area (Å²) >= 11 is 0. The average molecular weight is 162 g/mol. The number of likely N-dealkylation sites (N-methyl/N-ethyl adjacent to an activating group) is 1. The number of carbonyl (C=O) groups is 2. The van der Waals surface area contributed by atoms with E-state index >= 15 is 0 Å². The van der Waals surface area contributed by atoms with Gasteiger partial charge in [-0.05, 0) is 0 Å². The Labute approximate surface area is 63.4 Å². The molecule has 0 aromatic rings. The standard InChI is InChI=1S/C5H10N2O4/c1-7(11)4(8)2-6-3-5(9)10/h6,11H,2-3H2,1H3,(H,9,10). The molecule has 0 fully saturated rings. The molecule has 1 amide bonds. The second-order valence-corrected chi connectivity index (χ2v) is 1.91. The first-order chi connectivity index (χ1) is 5.04. The lowest BCUT2D eigenvalue weighted by Gasteiger charge is -2.07. The molecule has 0 rings (SSSR count). The Morgan fingerprint density at radius 2 is 2.00 bits per heavy atom. The van der Waals surface area contributed by atoms with Crippen LogP contribution in [0.4, 0.5) is 0 Å². The molecule has 0 aliphatic heterocycles. The van der Waals surface area contributed by atoms with Gasteiger partial charge in [0.25, 0.3) is 5.91 Å². The highest BCUT2D eigenvalue weighted by Gasteiger charge is 2.04. The third-order valence-corrected chi connectivity index (χ3v) is 0.913. The molecule has 0 aliphatic carbocycles. The minimum atomic E-state index is -1.04. The lowest BCUT2D eigenvalue weighted by atomic mass is 10.5. The molecule has 6 heteroatoms. The van der Waals surface area contributed by atoms with Crippen LogP contribution in [0.1, 0.15) is 0 Å². The Bertz CT molecular complexity index is 157. The van der Waals surface area contributed by atoms with E-state index in [9.17, 15) is 9.59 Å². The van der Waals surface area contributed by atoms with E-state index in [1.54, 1.807) is 0 Å². The number of hydroxylamine groups is 2. The summed E-state index contributed by atoms with van der Waals surface area (Å²) in [6, 6.07) is 0. The van der Waals surface area contributed by atoms with Gasteiger partial charge in [-0.2, -0.15) is 0 Å². The lowest BCUT2D eigenvalue weighted by molar-refractivity contribution is -0.158. The fourth-order valence-electron chi connectivity index (χ4n) is 0.391. The van der Waals surface area contributed by atoms with Crippen LogP contribution in [0.5, 0.6) is 0 Å². The van der Waals surface area contributed by atoms with Gasteiger partial charge in [0.1, 0.15) is 0 Å². The highest BCUT2D eigenvalue weighted by Crippen LogP contribution is 1.73. The molecule has 0 heterocycles. The van der Waals surface area contributed by atoms with Crippen LogP contribution in [-0.2, 0) is 9.59 Å². The van der Waals surface area contributed by atoms with Crippen molar-refractivity contribution in [1.82, 2.24) is 10.4 Å². The Balaban J connectivity index is 3.39. The first-order valence-corrected chi connectivity index (χ1v) is 2.92. The van der Waals surface area contributed by atoms with E-state index in [1.807, 2.05) is 0 Å². The highest BCUT2D eigenvalue weighted by molar-refractivity contribution is 5.77. The number of aliphatic carboxylic acids is 1. The van der Waals surface area contributed by atoms with E-state index in [0.717, 1.165) is 0 Å². The van der Waals surface area contributed by atoms with Crippen molar-refractivity contribution < 1.29 is 19.9 Å². The van der Waals surface area contributed by atoms with E-state index in [-0.39, 0.29) is 13.1 Å². The number of carboxylic acids is 1. The molecule has 0 spiro atoms. The van der Waals surface area contributed by atoms with Crippen molar-refractivity contribution in [3.8, 4) is 0 Å². The summed E-state index contributed by atoms with van der Waals surface area (Å²) in [5.41, 5.74) is 0. The average Bonchev–Trinajstić information content (AvgIpc) is 1.86. The van der Waals surface area contributed by atoms with Crippen LogP contribution in [0, 0.1) is 0 Å². The molecule has 0 aromatic carbocycles. The monoisotopic (exact) mass is 162 g/mol. The molecule has 0 radical (unpaired) electrons. The topological polar surface area (TPSA) is 89.9 Å². The molecular weight excluding hydrogens is 152 g/mol. The molecule has 0 saturated heterocycles. The van der Waals surface area contributed by atoms with Gasteiger partial charge in [0.2, 0.25) is 0 Å². The number of carboxylic acid groups (broad SMARTS) is 1. The van der Waals surface area contributed by atoms with Gasteiger partial charge in [0, 0.05) is 7.05 Å². The van der Waals surface area contributed by atoms with Crippen LogP contribution in [-0.4, -0.2) is 47.4 Å². The lowest BCUT2D eigenvalue weighted by Crippen LogP contribution is -2.35. The number of hydrogen-bond donors (Lipinski definition) is 3. The van der Waals surface area contributed by atoms with Crippen LogP contribution in [0.25, 0.3) is 0 Å². The van der Waals surface area contributed by atoms with Gasteiger partial charge in [-0.15, -0.1) is 0 Å². The van der Waals surface area contributed by atoms with Gasteiger partial charge in [0.05, 0.1) is 13.1 Å². The predicted molar refractivity (Wildman–Crippen MR) is 35.1 cm³/mol. The van der Waals surface area contributed by atoms with Crippen LogP contribution in [0.3, 0.4) is 0 Å². The molecule has 0 saturated carbocycles. The molecule has 0 aromatic heterocycles. The molecule has 0 aliphatic rings. The van der Waals surface area contributed by atoms with Crippen molar-refractivity contribution in [3.63, 3.8) is 0 Å². The largest absolute Gasteiger partial charge is 0.480 e. The Hall–Kier alpha value is -1.14. The molecular formula is C5H10N2O4. The number of nitrogens with zero attached hydrogens (tertiary/aromatic N) is 1. The summed E-state index contributed by atoms with van der Waals surface area (Å²) in [5.74, 6) is -1.62. The molecule has 64 valence electrons. The van der Waals surface area contributed by atoms with Crippen LogP contribution >= 0.6 is 0 Å². The third kappa shape index (κ3) is 5.31. The van der Waals surface area contributed by atoms with Gasteiger partial charge >= 0.3 is 5.97 Å². The summed E-state index contributed by atoms with van der Waals surface area (Å²) in [6.45, 7) is -0.473. The van der Waals surface area contributed by atoms with E-state index in [4.69, 9.17) is 10.3 Å². The number of rotatable bonds is 4. The van der Waals surface area contributed by atoms with Gasteiger partial charge in [0.15, 0.2) is 0 Å². The van der Waals surface area contributed by atoms with E-state index in [2.05, 4.69) is 5.32 Å². The minimum Gasteiger partial charge on any atom is -0.480 e. The third-order valence-electron chi connectivity index (χ3n) is 0.913. The predicted octanol–water partition coefficient (Wildman–Crippen LogP) is -1.49. The Morgan fingerprint density at radius 3 is 2.36 bits per heavy atom. The molecule has 3 N–H and O–H groups in total. The molecule has 6 nitrogen and oxygen atoms in total. The van der Waals surface area contributed by atoms with Crippen LogP contribution in [0.2, 0.25) is 0 Å². The van der Waals surface area contributed by atoms with Crippen molar-refractivity contribution in [2.45, 2.75) is 0 Å². The summed E-state index contributed by atoms with van der Waals surface area (Å²) in [4.78, 5) is 20.4. The second kappa shape index (κ2) is 4.64. The number of hydrogen-bond acceptors (Lipinski definition) is 4. The number of nitrogens with one attached hydrogen (secondary N) is 1. The van der Waals surface area contributed by atoms with E-state index in [1.165, 1.54) is 7.05 Å². The molecule has 0 atom stereocenters. The van der Waals surface area contributed by atoms with Crippen molar-refractivity contribution >= 4 is 11.9 Å². The summed E-state index contributed by atoms with van der Waals surface area (Å²) in [7, 11) is 1.17. The SMILES string of the molecule is CN(O)C(=O)CNCC(=O)O. The van der Waals surface area contributed by atoms with Gasteiger partial charge < -0.3 is 5.11 Å². The summed E-state index contributed by atoms with van der Waals surface area (Å²) in [5, 5.41) is 19.3. The maximum absolute atomic E-state index is 10.5. The van der Waals surface area contributed by atoms with Gasteiger partial charge in [-0.1, -0.05) is 0 Å². The van der Waals surface area contributed by atoms with Gasteiger partial charge in [-0.3, -0.25) is 20.1 Å². The van der Waals surface area contributed by atoms with Gasteiger partial charge in [-0.25, -0.2) is 5.06 Å². The number of carbonyl (C=O) groups excluding carboxylic acids is 1. The maximum atomic E-state index is 10.5. The zero-order chi connectivity index (χ0) is 8.85. The minimum absolute atomic E-state index is 0.181. The Morgan fingerprint density at radius 1 is 1.45 bits per heavy atom. The molecule has 11 heavy (non-hydrogen) atoms. The summed E-state index contributed by atoms with van der Waals surface area (Å²) < 4.78 is 0. The fourth-order valence-corrected chi connectivity index (χ4v) is 0.391. The van der Waals surface area contributed by atoms with Crippen molar-refractivity contribution in [2.75, 3.05) is 20.1 Å². The maximum Gasteiger partial charge on any atom is 0.317 e. The van der Waals surface area contributed by atoms with Crippen molar-refractivity contribution in [2.24, 2.45) is 0 Å². The second-order valence-electron chi connectivity index (χ2n) is 1.91. The van der Waals surface area contributed by atoms with Crippen LogP contribution < -0.4 is 5.32 Å². The quantitative estimate of drug-likeness (QED) is 0.346. The van der Waals surface area contributed by atoms with E-state index < -0.39 is 11.9 Å². The first kappa shape index (κ1) is 9.86. The normalized spacial score (nSPS) is 9.27. The smallest absolute Gasteiger partial charge is 0.317 e. The van der Waals surface area contributed by atoms with E-state index in [0.29, 0.717) is 5.06 Å². The van der Waals surface area contributed by atoms with Crippen LogP contribution in [0.15, 0.2) is 0 Å². The number of amides is 1. The Kier molecular flexibility index (Phi) is 4.16. The highest BCUT2D eigenvalue weighted by atomic mass is 16.5.